The summed E-state index contributed by atoms with van der Waals surface area (Å²) in [5.41, 5.74) is 1.24. The molecule has 3 heteroatoms. The van der Waals surface area contributed by atoms with E-state index in [2.05, 4.69) is 30.5 Å². The van der Waals surface area contributed by atoms with Crippen LogP contribution in [0.4, 0.5) is 0 Å². The molecule has 1 heterocycles. The summed E-state index contributed by atoms with van der Waals surface area (Å²) in [6.07, 6.45) is 6.35. The first-order valence-corrected chi connectivity index (χ1v) is 5.02. The quantitative estimate of drug-likeness (QED) is 0.675. The van der Waals surface area contributed by atoms with Crippen molar-refractivity contribution in [2.45, 2.75) is 33.2 Å². The predicted octanol–water partition coefficient (Wildman–Crippen LogP) is 1.58. The largest absolute Gasteiger partial charge is 0.317 e. The molecule has 0 saturated heterocycles. The molecule has 1 rings (SSSR count). The van der Waals surface area contributed by atoms with Gasteiger partial charge in [0.05, 0.1) is 6.20 Å². The highest BCUT2D eigenvalue weighted by Gasteiger charge is 1.92. The Bertz CT molecular complexity index is 230. The van der Waals surface area contributed by atoms with Crippen LogP contribution in [-0.2, 0) is 6.54 Å². The fraction of sp³-hybridized carbons (Fsp3) is 0.700. The average molecular weight is 181 g/mol. The van der Waals surface area contributed by atoms with Gasteiger partial charge in [-0.2, -0.15) is 5.10 Å². The second-order valence-corrected chi connectivity index (χ2v) is 3.38. The van der Waals surface area contributed by atoms with Crippen molar-refractivity contribution in [3.63, 3.8) is 0 Å². The molecule has 0 aliphatic heterocycles. The number of aromatic nitrogens is 2. The second kappa shape index (κ2) is 5.75. The molecule has 13 heavy (non-hydrogen) atoms. The molecule has 0 spiro atoms. The summed E-state index contributed by atoms with van der Waals surface area (Å²) in [7, 11) is 0. The third-order valence-electron chi connectivity index (χ3n) is 1.93. The van der Waals surface area contributed by atoms with Gasteiger partial charge in [0.1, 0.15) is 0 Å². The maximum Gasteiger partial charge on any atom is 0.0518 e. The van der Waals surface area contributed by atoms with Crippen LogP contribution in [0, 0.1) is 6.92 Å². The van der Waals surface area contributed by atoms with E-state index in [0.717, 1.165) is 26.1 Å². The number of hydrogen-bond donors (Lipinski definition) is 1. The summed E-state index contributed by atoms with van der Waals surface area (Å²) in [6, 6.07) is 0. The molecule has 0 bridgehead atoms. The lowest BCUT2D eigenvalue weighted by molar-refractivity contribution is 0.542. The molecule has 0 saturated carbocycles. The van der Waals surface area contributed by atoms with Crippen molar-refractivity contribution >= 4 is 0 Å². The van der Waals surface area contributed by atoms with E-state index in [1.165, 1.54) is 12.0 Å². The van der Waals surface area contributed by atoms with Crippen LogP contribution >= 0.6 is 0 Å². The minimum absolute atomic E-state index is 1.02. The van der Waals surface area contributed by atoms with Gasteiger partial charge in [0, 0.05) is 12.7 Å². The summed E-state index contributed by atoms with van der Waals surface area (Å²) in [5.74, 6) is 0. The minimum atomic E-state index is 1.02. The molecule has 0 aliphatic carbocycles. The normalized spacial score (nSPS) is 10.6. The lowest BCUT2D eigenvalue weighted by Crippen LogP contribution is -2.17. The summed E-state index contributed by atoms with van der Waals surface area (Å²) in [4.78, 5) is 0. The zero-order valence-corrected chi connectivity index (χ0v) is 8.58. The Kier molecular flexibility index (Phi) is 4.54. The van der Waals surface area contributed by atoms with Crippen LogP contribution in [0.5, 0.6) is 0 Å². The molecular weight excluding hydrogens is 162 g/mol. The summed E-state index contributed by atoms with van der Waals surface area (Å²) in [6.45, 7) is 7.48. The van der Waals surface area contributed by atoms with Crippen LogP contribution in [0.15, 0.2) is 12.4 Å². The van der Waals surface area contributed by atoms with Crippen molar-refractivity contribution in [3.05, 3.63) is 18.0 Å². The first kappa shape index (κ1) is 10.3. The van der Waals surface area contributed by atoms with Crippen LogP contribution in [0.3, 0.4) is 0 Å². The van der Waals surface area contributed by atoms with E-state index < -0.39 is 0 Å². The second-order valence-electron chi connectivity index (χ2n) is 3.38. The van der Waals surface area contributed by atoms with Gasteiger partial charge in [-0.25, -0.2) is 0 Å². The number of nitrogens with one attached hydrogen (secondary N) is 1. The van der Waals surface area contributed by atoms with E-state index in [-0.39, 0.29) is 0 Å². The van der Waals surface area contributed by atoms with E-state index in [1.54, 1.807) is 0 Å². The Balaban J connectivity index is 2.06. The van der Waals surface area contributed by atoms with Crippen molar-refractivity contribution in [1.29, 1.82) is 0 Å². The Morgan fingerprint density at radius 1 is 1.46 bits per heavy atom. The smallest absolute Gasteiger partial charge is 0.0518 e. The van der Waals surface area contributed by atoms with Crippen LogP contribution in [0.2, 0.25) is 0 Å². The molecule has 0 unspecified atom stereocenters. The van der Waals surface area contributed by atoms with E-state index in [4.69, 9.17) is 0 Å². The minimum Gasteiger partial charge on any atom is -0.317 e. The van der Waals surface area contributed by atoms with Gasteiger partial charge in [-0.3, -0.25) is 4.68 Å². The highest BCUT2D eigenvalue weighted by molar-refractivity contribution is 4.99. The van der Waals surface area contributed by atoms with E-state index >= 15 is 0 Å². The van der Waals surface area contributed by atoms with E-state index in [0.29, 0.717) is 0 Å². The van der Waals surface area contributed by atoms with Crippen molar-refractivity contribution in [3.8, 4) is 0 Å². The standard InChI is InChI=1S/C10H19N3/c1-3-5-11-6-4-7-13-9-10(2)8-12-13/h8-9,11H,3-7H2,1-2H3. The maximum atomic E-state index is 4.22. The Hall–Kier alpha value is -0.830. The van der Waals surface area contributed by atoms with Crippen LogP contribution in [0.25, 0.3) is 0 Å². The van der Waals surface area contributed by atoms with Gasteiger partial charge in [-0.05, 0) is 38.4 Å². The summed E-state index contributed by atoms with van der Waals surface area (Å²) >= 11 is 0. The number of rotatable bonds is 6. The zero-order valence-electron chi connectivity index (χ0n) is 8.58. The van der Waals surface area contributed by atoms with Crippen LogP contribution in [-0.4, -0.2) is 22.9 Å². The molecule has 1 N–H and O–H groups in total. The van der Waals surface area contributed by atoms with E-state index in [1.807, 2.05) is 10.9 Å². The van der Waals surface area contributed by atoms with Gasteiger partial charge in [0.2, 0.25) is 0 Å². The van der Waals surface area contributed by atoms with Gasteiger partial charge in [-0.15, -0.1) is 0 Å². The first-order chi connectivity index (χ1) is 6.33. The lowest BCUT2D eigenvalue weighted by Gasteiger charge is -2.02. The van der Waals surface area contributed by atoms with Gasteiger partial charge in [0.15, 0.2) is 0 Å². The SMILES string of the molecule is CCCNCCCn1cc(C)cn1. The van der Waals surface area contributed by atoms with Gasteiger partial charge in [0.25, 0.3) is 0 Å². The fourth-order valence-corrected chi connectivity index (χ4v) is 1.26. The van der Waals surface area contributed by atoms with Gasteiger partial charge >= 0.3 is 0 Å². The van der Waals surface area contributed by atoms with Crippen molar-refractivity contribution in [1.82, 2.24) is 15.1 Å². The molecule has 74 valence electrons. The highest BCUT2D eigenvalue weighted by atomic mass is 15.3. The molecule has 0 aromatic carbocycles. The molecule has 0 radical (unpaired) electrons. The van der Waals surface area contributed by atoms with Gasteiger partial charge in [-0.1, -0.05) is 6.92 Å². The van der Waals surface area contributed by atoms with Crippen LogP contribution in [0.1, 0.15) is 25.3 Å². The molecule has 0 amide bonds. The summed E-state index contributed by atoms with van der Waals surface area (Å²) < 4.78 is 2.00. The third kappa shape index (κ3) is 4.08. The van der Waals surface area contributed by atoms with Crippen LogP contribution < -0.4 is 5.32 Å². The molecule has 1 aromatic rings. The molecule has 0 aliphatic rings. The van der Waals surface area contributed by atoms with Gasteiger partial charge < -0.3 is 5.32 Å². The van der Waals surface area contributed by atoms with Crippen molar-refractivity contribution < 1.29 is 0 Å². The van der Waals surface area contributed by atoms with Crippen molar-refractivity contribution in [2.24, 2.45) is 0 Å². The average Bonchev–Trinajstić information content (AvgIpc) is 2.51. The number of hydrogen-bond acceptors (Lipinski definition) is 2. The monoisotopic (exact) mass is 181 g/mol. The predicted molar refractivity (Wildman–Crippen MR) is 54.7 cm³/mol. The highest BCUT2D eigenvalue weighted by Crippen LogP contribution is 1.94. The molecule has 1 aromatic heterocycles. The Morgan fingerprint density at radius 2 is 2.31 bits per heavy atom. The zero-order chi connectivity index (χ0) is 9.52. The summed E-state index contributed by atoms with van der Waals surface area (Å²) in [5, 5.41) is 7.59. The number of aryl methyl sites for hydroxylation is 2. The molecule has 0 atom stereocenters. The Labute approximate surface area is 80.1 Å². The lowest BCUT2D eigenvalue weighted by atomic mass is 10.4. The number of nitrogens with zero attached hydrogens (tertiary/aromatic N) is 2. The Morgan fingerprint density at radius 3 is 2.92 bits per heavy atom. The third-order valence-corrected chi connectivity index (χ3v) is 1.93. The van der Waals surface area contributed by atoms with E-state index in [9.17, 15) is 0 Å². The maximum absolute atomic E-state index is 4.22. The molecule has 3 nitrogen and oxygen atoms in total. The van der Waals surface area contributed by atoms with Crippen molar-refractivity contribution in [2.75, 3.05) is 13.1 Å². The molecule has 0 fully saturated rings. The topological polar surface area (TPSA) is 29.9 Å². The first-order valence-electron chi connectivity index (χ1n) is 5.02. The fourth-order valence-electron chi connectivity index (χ4n) is 1.26. The molecular formula is C10H19N3.